The highest BCUT2D eigenvalue weighted by Gasteiger charge is 2.21. The standard InChI is InChI=1S/C24H24Cl2N4O2/c25-18-11-20-22(12-19(18)26)30(9-4-8-27)24(31)23(28-20)17-14-29(13-15-5-3-10-32-15)21-7-2-1-6-16(17)21/h1-2,6-7,11-12,14-15H,3-5,8-10,13,27H2. The van der Waals surface area contributed by atoms with E-state index in [4.69, 9.17) is 38.7 Å². The van der Waals surface area contributed by atoms with E-state index >= 15 is 0 Å². The van der Waals surface area contributed by atoms with E-state index in [1.54, 1.807) is 16.7 Å². The van der Waals surface area contributed by atoms with Gasteiger partial charge in [0.2, 0.25) is 0 Å². The van der Waals surface area contributed by atoms with Gasteiger partial charge in [-0.25, -0.2) is 4.98 Å². The lowest BCUT2D eigenvalue weighted by atomic mass is 10.1. The predicted molar refractivity (Wildman–Crippen MR) is 130 cm³/mol. The summed E-state index contributed by atoms with van der Waals surface area (Å²) in [5.74, 6) is 0. The number of nitrogens with two attached hydrogens (primary N) is 1. The molecule has 1 saturated heterocycles. The van der Waals surface area contributed by atoms with Crippen molar-refractivity contribution in [3.8, 4) is 11.3 Å². The molecular weight excluding hydrogens is 447 g/mol. The lowest BCUT2D eigenvalue weighted by molar-refractivity contribution is 0.0980. The molecule has 0 spiro atoms. The van der Waals surface area contributed by atoms with E-state index in [9.17, 15) is 4.79 Å². The van der Waals surface area contributed by atoms with Crippen LogP contribution in [0.3, 0.4) is 0 Å². The molecule has 2 N–H and O–H groups in total. The Bertz CT molecular complexity index is 1360. The first kappa shape index (κ1) is 21.5. The maximum atomic E-state index is 13.6. The summed E-state index contributed by atoms with van der Waals surface area (Å²) in [7, 11) is 0. The zero-order chi connectivity index (χ0) is 22.2. The average molecular weight is 471 g/mol. The van der Waals surface area contributed by atoms with Gasteiger partial charge in [0.15, 0.2) is 0 Å². The van der Waals surface area contributed by atoms with Crippen LogP contribution < -0.4 is 11.3 Å². The minimum atomic E-state index is -0.163. The second-order valence-corrected chi connectivity index (χ2v) is 8.98. The molecule has 0 bridgehead atoms. The van der Waals surface area contributed by atoms with E-state index in [0.29, 0.717) is 46.3 Å². The van der Waals surface area contributed by atoms with Gasteiger partial charge in [0, 0.05) is 42.4 Å². The smallest absolute Gasteiger partial charge is 0.277 e. The second kappa shape index (κ2) is 8.87. The van der Waals surface area contributed by atoms with E-state index in [0.717, 1.165) is 42.5 Å². The molecule has 166 valence electrons. The van der Waals surface area contributed by atoms with Crippen LogP contribution in [0.5, 0.6) is 0 Å². The van der Waals surface area contributed by atoms with Gasteiger partial charge < -0.3 is 19.6 Å². The van der Waals surface area contributed by atoms with E-state index in [1.807, 2.05) is 24.4 Å². The van der Waals surface area contributed by atoms with Crippen LogP contribution in [0, 0.1) is 0 Å². The number of para-hydroxylation sites is 1. The molecule has 2 aromatic heterocycles. The van der Waals surface area contributed by atoms with Crippen molar-refractivity contribution >= 4 is 45.1 Å². The fourth-order valence-electron chi connectivity index (χ4n) is 4.48. The Hall–Kier alpha value is -2.38. The fraction of sp³-hybridized carbons (Fsp3) is 0.333. The van der Waals surface area contributed by atoms with Crippen LogP contribution in [0.25, 0.3) is 33.2 Å². The normalized spacial score (nSPS) is 16.4. The Labute approximate surface area is 195 Å². The first-order valence-electron chi connectivity index (χ1n) is 10.9. The number of rotatable bonds is 6. The molecular formula is C24H24Cl2N4O2. The molecule has 32 heavy (non-hydrogen) atoms. The monoisotopic (exact) mass is 470 g/mol. The van der Waals surface area contributed by atoms with Crippen molar-refractivity contribution in [3.63, 3.8) is 0 Å². The molecule has 1 unspecified atom stereocenters. The third-order valence-corrected chi connectivity index (χ3v) is 6.76. The van der Waals surface area contributed by atoms with Crippen molar-refractivity contribution in [2.75, 3.05) is 13.2 Å². The summed E-state index contributed by atoms with van der Waals surface area (Å²) in [5.41, 5.74) is 9.12. The molecule has 0 amide bonds. The number of halogens is 2. The van der Waals surface area contributed by atoms with Gasteiger partial charge in [-0.1, -0.05) is 41.4 Å². The third kappa shape index (κ3) is 3.82. The number of aromatic nitrogens is 3. The molecule has 1 aliphatic rings. The van der Waals surface area contributed by atoms with Gasteiger partial charge in [0.1, 0.15) is 5.69 Å². The summed E-state index contributed by atoms with van der Waals surface area (Å²) >= 11 is 12.5. The SMILES string of the molecule is NCCCn1c(=O)c(-c2cn(CC3CCCO3)c3ccccc23)nc2cc(Cl)c(Cl)cc21. The first-order chi connectivity index (χ1) is 15.6. The Morgan fingerprint density at radius 1 is 1.16 bits per heavy atom. The molecule has 1 atom stereocenters. The fourth-order valence-corrected chi connectivity index (χ4v) is 4.79. The van der Waals surface area contributed by atoms with Crippen LogP contribution in [0.15, 0.2) is 47.4 Å². The molecule has 6 nitrogen and oxygen atoms in total. The maximum Gasteiger partial charge on any atom is 0.277 e. The van der Waals surface area contributed by atoms with Crippen molar-refractivity contribution in [3.05, 3.63) is 63.0 Å². The lowest BCUT2D eigenvalue weighted by Gasteiger charge is -2.13. The molecule has 0 saturated carbocycles. The van der Waals surface area contributed by atoms with E-state index in [1.165, 1.54) is 0 Å². The topological polar surface area (TPSA) is 75.1 Å². The third-order valence-electron chi connectivity index (χ3n) is 6.04. The van der Waals surface area contributed by atoms with Gasteiger partial charge >= 0.3 is 0 Å². The minimum Gasteiger partial charge on any atom is -0.376 e. The molecule has 8 heteroatoms. The van der Waals surface area contributed by atoms with Gasteiger partial charge in [0.25, 0.3) is 5.56 Å². The Balaban J connectivity index is 1.73. The number of fused-ring (bicyclic) bond motifs is 2. The summed E-state index contributed by atoms with van der Waals surface area (Å²) in [6, 6.07) is 11.5. The number of nitrogens with zero attached hydrogens (tertiary/aromatic N) is 3. The Kier molecular flexibility index (Phi) is 5.95. The highest BCUT2D eigenvalue weighted by atomic mass is 35.5. The molecule has 2 aromatic carbocycles. The highest BCUT2D eigenvalue weighted by molar-refractivity contribution is 6.42. The highest BCUT2D eigenvalue weighted by Crippen LogP contribution is 2.32. The Morgan fingerprint density at radius 3 is 2.75 bits per heavy atom. The summed E-state index contributed by atoms with van der Waals surface area (Å²) < 4.78 is 9.73. The lowest BCUT2D eigenvalue weighted by Crippen LogP contribution is -2.25. The van der Waals surface area contributed by atoms with Gasteiger partial charge in [-0.05, 0) is 44.0 Å². The number of hydrogen-bond acceptors (Lipinski definition) is 4. The molecule has 5 rings (SSSR count). The van der Waals surface area contributed by atoms with E-state index in [-0.39, 0.29) is 11.7 Å². The van der Waals surface area contributed by atoms with Gasteiger partial charge in [0.05, 0.1) is 27.2 Å². The molecule has 1 aliphatic heterocycles. The van der Waals surface area contributed by atoms with Crippen molar-refractivity contribution in [1.29, 1.82) is 0 Å². The second-order valence-electron chi connectivity index (χ2n) is 8.16. The van der Waals surface area contributed by atoms with Gasteiger partial charge in [-0.2, -0.15) is 0 Å². The molecule has 0 aliphatic carbocycles. The van der Waals surface area contributed by atoms with Crippen LogP contribution in [-0.4, -0.2) is 33.4 Å². The van der Waals surface area contributed by atoms with E-state index in [2.05, 4.69) is 10.6 Å². The van der Waals surface area contributed by atoms with Crippen LogP contribution in [-0.2, 0) is 17.8 Å². The zero-order valence-electron chi connectivity index (χ0n) is 17.6. The van der Waals surface area contributed by atoms with Crippen LogP contribution in [0.4, 0.5) is 0 Å². The predicted octanol–water partition coefficient (Wildman–Crippen LogP) is 4.85. The summed E-state index contributed by atoms with van der Waals surface area (Å²) in [6.45, 7) is 2.51. The summed E-state index contributed by atoms with van der Waals surface area (Å²) in [4.78, 5) is 18.4. The van der Waals surface area contributed by atoms with Gasteiger partial charge in [-0.3, -0.25) is 4.79 Å². The Morgan fingerprint density at radius 2 is 1.97 bits per heavy atom. The maximum absolute atomic E-state index is 13.6. The quantitative estimate of drug-likeness (QED) is 0.436. The van der Waals surface area contributed by atoms with Crippen LogP contribution in [0.2, 0.25) is 10.0 Å². The molecule has 4 aromatic rings. The number of hydrogen-bond donors (Lipinski definition) is 1. The zero-order valence-corrected chi connectivity index (χ0v) is 19.1. The van der Waals surface area contributed by atoms with Crippen LogP contribution in [0.1, 0.15) is 19.3 Å². The number of ether oxygens (including phenoxy) is 1. The van der Waals surface area contributed by atoms with E-state index < -0.39 is 0 Å². The summed E-state index contributed by atoms with van der Waals surface area (Å²) in [6.07, 6.45) is 5.00. The first-order valence-corrected chi connectivity index (χ1v) is 11.6. The molecule has 3 heterocycles. The number of aryl methyl sites for hydroxylation is 1. The minimum absolute atomic E-state index is 0.163. The van der Waals surface area contributed by atoms with Gasteiger partial charge in [-0.15, -0.1) is 0 Å². The van der Waals surface area contributed by atoms with Crippen LogP contribution >= 0.6 is 23.2 Å². The summed E-state index contributed by atoms with van der Waals surface area (Å²) in [5, 5.41) is 1.78. The largest absolute Gasteiger partial charge is 0.376 e. The van der Waals surface area contributed by atoms with Crippen molar-refractivity contribution in [2.45, 2.75) is 38.5 Å². The number of benzene rings is 2. The molecule has 1 fully saturated rings. The van der Waals surface area contributed by atoms with Crippen molar-refractivity contribution < 1.29 is 4.74 Å². The average Bonchev–Trinajstić information content (AvgIpc) is 3.43. The van der Waals surface area contributed by atoms with Crippen molar-refractivity contribution in [2.24, 2.45) is 5.73 Å². The van der Waals surface area contributed by atoms with Crippen molar-refractivity contribution in [1.82, 2.24) is 14.1 Å². The molecule has 0 radical (unpaired) electrons.